The van der Waals surface area contributed by atoms with Crippen LogP contribution in [0.25, 0.3) is 10.8 Å². The number of fused-ring (bicyclic) bond motifs is 1. The maximum Gasteiger partial charge on any atom is 0.161 e. The Hall–Kier alpha value is -2.73. The van der Waals surface area contributed by atoms with Gasteiger partial charge >= 0.3 is 0 Å². The minimum atomic E-state index is -0.398. The molecule has 0 radical (unpaired) electrons. The molecule has 0 aromatic heterocycles. The molecule has 4 rings (SSSR count). The summed E-state index contributed by atoms with van der Waals surface area (Å²) in [5, 5.41) is 12.1. The summed E-state index contributed by atoms with van der Waals surface area (Å²) in [4.78, 5) is 17.8. The molecule has 0 spiro atoms. The van der Waals surface area contributed by atoms with Gasteiger partial charge in [0.15, 0.2) is 5.78 Å². The molecule has 0 amide bonds. The van der Waals surface area contributed by atoms with Gasteiger partial charge in [-0.1, -0.05) is 56.3 Å². The van der Waals surface area contributed by atoms with Crippen molar-refractivity contribution < 1.29 is 4.79 Å². The first-order chi connectivity index (χ1) is 12.4. The number of nitrogens with zero attached hydrogens (tertiary/aromatic N) is 2. The van der Waals surface area contributed by atoms with Crippen LogP contribution >= 0.6 is 0 Å². The quantitative estimate of drug-likeness (QED) is 0.717. The third kappa shape index (κ3) is 2.57. The van der Waals surface area contributed by atoms with Crippen molar-refractivity contribution in [3.05, 3.63) is 59.3 Å². The zero-order valence-corrected chi connectivity index (χ0v) is 15.4. The molecule has 2 aliphatic rings. The van der Waals surface area contributed by atoms with Gasteiger partial charge in [-0.3, -0.25) is 9.79 Å². The largest absolute Gasteiger partial charge is 0.294 e. The average Bonchev–Trinajstić information content (AvgIpc) is 2.59. The number of aliphatic imine (C=N–C) groups is 1. The third-order valence-electron chi connectivity index (χ3n) is 5.60. The minimum Gasteiger partial charge on any atom is -0.294 e. The van der Waals surface area contributed by atoms with Crippen LogP contribution in [0.3, 0.4) is 0 Å². The summed E-state index contributed by atoms with van der Waals surface area (Å²) in [7, 11) is 0. The molecule has 3 heteroatoms. The minimum absolute atomic E-state index is 0.0809. The van der Waals surface area contributed by atoms with E-state index in [9.17, 15) is 10.1 Å². The maximum atomic E-state index is 13.1. The molecule has 0 N–H and O–H groups in total. The van der Waals surface area contributed by atoms with E-state index in [0.29, 0.717) is 6.42 Å². The van der Waals surface area contributed by atoms with Crippen molar-refractivity contribution >= 4 is 22.3 Å². The van der Waals surface area contributed by atoms with Gasteiger partial charge in [0.05, 0.1) is 12.0 Å². The van der Waals surface area contributed by atoms with Gasteiger partial charge in [0.1, 0.15) is 0 Å². The van der Waals surface area contributed by atoms with Crippen molar-refractivity contribution in [2.45, 2.75) is 39.5 Å². The van der Waals surface area contributed by atoms with Crippen molar-refractivity contribution in [2.75, 3.05) is 0 Å². The van der Waals surface area contributed by atoms with Crippen LogP contribution in [0.5, 0.6) is 0 Å². The van der Waals surface area contributed by atoms with Gasteiger partial charge in [0.2, 0.25) is 0 Å². The molecule has 0 fully saturated rings. The van der Waals surface area contributed by atoms with E-state index in [-0.39, 0.29) is 17.1 Å². The molecule has 2 aromatic carbocycles. The number of carbonyl (C=O) groups excluding carboxylic acids is 1. The molecule has 1 aliphatic carbocycles. The first kappa shape index (κ1) is 16.7. The highest BCUT2D eigenvalue weighted by atomic mass is 16.1. The topological polar surface area (TPSA) is 53.2 Å². The number of benzene rings is 2. The van der Waals surface area contributed by atoms with E-state index in [1.54, 1.807) is 0 Å². The molecule has 0 saturated carbocycles. The lowest BCUT2D eigenvalue weighted by Gasteiger charge is -2.38. The summed E-state index contributed by atoms with van der Waals surface area (Å²) in [6.07, 6.45) is 1.30. The standard InChI is InChI=1S/C23H22N2O/c1-14-18(13-24)21(17-10-6-8-15-7-4-5-9-16(15)17)22-19(25-14)11-23(2,3)12-20(22)26/h4-10,18,21H,11-12H2,1-3H3/t18?,21-/m1/s1. The molecule has 0 bridgehead atoms. The SMILES string of the molecule is CC1=NC2=C(C(=O)CC(C)(C)C2)[C@H](c2cccc3ccccc23)C1C#N. The van der Waals surface area contributed by atoms with Gasteiger partial charge in [0, 0.05) is 29.3 Å². The normalized spacial score (nSPS) is 24.8. The highest BCUT2D eigenvalue weighted by Gasteiger charge is 2.43. The second-order valence-corrected chi connectivity index (χ2v) is 8.21. The highest BCUT2D eigenvalue weighted by Crippen LogP contribution is 2.48. The Morgan fingerprint density at radius 2 is 1.85 bits per heavy atom. The molecule has 1 unspecified atom stereocenters. The van der Waals surface area contributed by atoms with E-state index in [2.05, 4.69) is 44.2 Å². The highest BCUT2D eigenvalue weighted by molar-refractivity contribution is 6.04. The second-order valence-electron chi connectivity index (χ2n) is 8.21. The van der Waals surface area contributed by atoms with Crippen molar-refractivity contribution in [3.8, 4) is 6.07 Å². The van der Waals surface area contributed by atoms with Crippen LogP contribution in [0.4, 0.5) is 0 Å². The van der Waals surface area contributed by atoms with Crippen LogP contribution in [0.15, 0.2) is 58.7 Å². The van der Waals surface area contributed by atoms with Crippen LogP contribution in [0.2, 0.25) is 0 Å². The average molecular weight is 342 g/mol. The summed E-state index contributed by atoms with van der Waals surface area (Å²) in [5.74, 6) is -0.488. The number of allylic oxidation sites excluding steroid dienone is 2. The molecule has 3 nitrogen and oxygen atoms in total. The molecule has 1 aliphatic heterocycles. The number of rotatable bonds is 1. The lowest BCUT2D eigenvalue weighted by Crippen LogP contribution is -2.35. The fraction of sp³-hybridized carbons (Fsp3) is 0.348. The fourth-order valence-electron chi connectivity index (χ4n) is 4.47. The van der Waals surface area contributed by atoms with E-state index in [4.69, 9.17) is 4.99 Å². The first-order valence-corrected chi connectivity index (χ1v) is 9.10. The van der Waals surface area contributed by atoms with E-state index >= 15 is 0 Å². The van der Waals surface area contributed by atoms with Crippen molar-refractivity contribution in [2.24, 2.45) is 16.3 Å². The van der Waals surface area contributed by atoms with Gasteiger partial charge in [-0.2, -0.15) is 5.26 Å². The summed E-state index contributed by atoms with van der Waals surface area (Å²) >= 11 is 0. The number of hydrogen-bond donors (Lipinski definition) is 0. The number of nitriles is 1. The third-order valence-corrected chi connectivity index (χ3v) is 5.60. The summed E-state index contributed by atoms with van der Waals surface area (Å²) in [6, 6.07) is 16.8. The van der Waals surface area contributed by atoms with Gasteiger partial charge in [-0.25, -0.2) is 0 Å². The summed E-state index contributed by atoms with van der Waals surface area (Å²) in [6.45, 7) is 6.15. The fourth-order valence-corrected chi connectivity index (χ4v) is 4.47. The summed E-state index contributed by atoms with van der Waals surface area (Å²) < 4.78 is 0. The zero-order chi connectivity index (χ0) is 18.5. The Morgan fingerprint density at radius 1 is 1.12 bits per heavy atom. The Labute approximate surface area is 154 Å². The van der Waals surface area contributed by atoms with Crippen molar-refractivity contribution in [1.29, 1.82) is 5.26 Å². The molecule has 130 valence electrons. The Balaban J connectivity index is 1.98. The van der Waals surface area contributed by atoms with Crippen LogP contribution < -0.4 is 0 Å². The Kier molecular flexibility index (Phi) is 3.80. The molecule has 2 aromatic rings. The first-order valence-electron chi connectivity index (χ1n) is 9.10. The predicted octanol–water partition coefficient (Wildman–Crippen LogP) is 5.18. The number of hydrogen-bond acceptors (Lipinski definition) is 3. The molecule has 2 atom stereocenters. The number of Topliss-reactive ketones (excluding diaryl/α,β-unsaturated/α-hetero) is 1. The zero-order valence-electron chi connectivity index (χ0n) is 15.4. The Bertz CT molecular complexity index is 1010. The Morgan fingerprint density at radius 3 is 2.62 bits per heavy atom. The van der Waals surface area contributed by atoms with E-state index < -0.39 is 5.92 Å². The molecule has 26 heavy (non-hydrogen) atoms. The van der Waals surface area contributed by atoms with Gasteiger partial charge in [-0.15, -0.1) is 0 Å². The van der Waals surface area contributed by atoms with Crippen LogP contribution in [0, 0.1) is 22.7 Å². The van der Waals surface area contributed by atoms with Crippen molar-refractivity contribution in [3.63, 3.8) is 0 Å². The van der Waals surface area contributed by atoms with Crippen LogP contribution in [-0.4, -0.2) is 11.5 Å². The molecular weight excluding hydrogens is 320 g/mol. The van der Waals surface area contributed by atoms with Gasteiger partial charge < -0.3 is 0 Å². The smallest absolute Gasteiger partial charge is 0.161 e. The lowest BCUT2D eigenvalue weighted by atomic mass is 9.66. The number of ketones is 1. The molecular formula is C23H22N2O. The van der Waals surface area contributed by atoms with E-state index in [1.807, 2.05) is 25.1 Å². The molecule has 0 saturated heterocycles. The van der Waals surface area contributed by atoms with Gasteiger partial charge in [0.25, 0.3) is 0 Å². The van der Waals surface area contributed by atoms with E-state index in [1.165, 1.54) is 0 Å². The monoisotopic (exact) mass is 342 g/mol. The predicted molar refractivity (Wildman–Crippen MR) is 104 cm³/mol. The maximum absolute atomic E-state index is 13.1. The van der Waals surface area contributed by atoms with Crippen molar-refractivity contribution in [1.82, 2.24) is 0 Å². The molecule has 1 heterocycles. The number of carbonyl (C=O) groups is 1. The lowest BCUT2D eigenvalue weighted by molar-refractivity contribution is -0.118. The van der Waals surface area contributed by atoms with Gasteiger partial charge in [-0.05, 0) is 35.1 Å². The van der Waals surface area contributed by atoms with Crippen LogP contribution in [0.1, 0.15) is 45.1 Å². The van der Waals surface area contributed by atoms with Crippen LogP contribution in [-0.2, 0) is 4.79 Å². The second kappa shape index (κ2) is 5.92. The van der Waals surface area contributed by atoms with E-state index in [0.717, 1.165) is 39.7 Å². The summed E-state index contributed by atoms with van der Waals surface area (Å²) in [5.41, 5.74) is 3.44.